The molecule has 0 amide bonds. The van der Waals surface area contributed by atoms with E-state index in [4.69, 9.17) is 14.8 Å². The van der Waals surface area contributed by atoms with E-state index in [0.717, 1.165) is 0 Å². The lowest BCUT2D eigenvalue weighted by Crippen LogP contribution is -2.45. The zero-order valence-electron chi connectivity index (χ0n) is 7.55. The summed E-state index contributed by atoms with van der Waals surface area (Å²) in [7, 11) is -4.90. The number of rotatable bonds is 3. The third-order valence-electron chi connectivity index (χ3n) is 1.63. The van der Waals surface area contributed by atoms with Gasteiger partial charge in [0.2, 0.25) is 12.0 Å². The largest absolute Gasteiger partial charge is 0.475 e. The molecule has 1 aliphatic heterocycles. The van der Waals surface area contributed by atoms with Crippen molar-refractivity contribution >= 4 is 16.4 Å². The van der Waals surface area contributed by atoms with Gasteiger partial charge in [-0.3, -0.25) is 4.55 Å². The summed E-state index contributed by atoms with van der Waals surface area (Å²) in [5.74, 6) is -2.31. The van der Waals surface area contributed by atoms with Crippen molar-refractivity contribution < 1.29 is 42.0 Å². The summed E-state index contributed by atoms with van der Waals surface area (Å²) in [4.78, 5) is 10.4. The third kappa shape index (κ3) is 3.15. The molecular formula is C6H8O9S. The first-order valence-corrected chi connectivity index (χ1v) is 5.21. The lowest BCUT2D eigenvalue weighted by Gasteiger charge is -2.28. The summed E-state index contributed by atoms with van der Waals surface area (Å²) in [6.45, 7) is 0. The van der Waals surface area contributed by atoms with Crippen LogP contribution in [0.3, 0.4) is 0 Å². The van der Waals surface area contributed by atoms with E-state index in [2.05, 4.69) is 8.92 Å². The fourth-order valence-electron chi connectivity index (χ4n) is 1.02. The van der Waals surface area contributed by atoms with Crippen molar-refractivity contribution in [1.82, 2.24) is 0 Å². The van der Waals surface area contributed by atoms with Crippen molar-refractivity contribution in [1.29, 1.82) is 0 Å². The van der Waals surface area contributed by atoms with Crippen LogP contribution in [0.2, 0.25) is 0 Å². The standard InChI is InChI=1S/C6H8O9S/c7-2-1-3(5(8)9)14-6(10)4(2)15-16(11,12)13/h1-2,4,6-7,10H,(H,8,9)(H,11,12,13)/t2-,4+,6+/m0/s1. The maximum atomic E-state index is 10.4. The smallest absolute Gasteiger partial charge is 0.397 e. The molecule has 4 N–H and O–H groups in total. The lowest BCUT2D eigenvalue weighted by atomic mass is 10.1. The first-order chi connectivity index (χ1) is 7.20. The van der Waals surface area contributed by atoms with Crippen LogP contribution in [0.5, 0.6) is 0 Å². The predicted molar refractivity (Wildman–Crippen MR) is 45.2 cm³/mol. The van der Waals surface area contributed by atoms with Crippen LogP contribution in [0.4, 0.5) is 0 Å². The summed E-state index contributed by atoms with van der Waals surface area (Å²) < 4.78 is 37.2. The molecule has 0 aliphatic carbocycles. The minimum atomic E-state index is -4.90. The van der Waals surface area contributed by atoms with Crippen LogP contribution >= 0.6 is 0 Å². The minimum Gasteiger partial charge on any atom is -0.475 e. The normalized spacial score (nSPS) is 30.4. The average Bonchev–Trinajstić information content (AvgIpc) is 2.09. The van der Waals surface area contributed by atoms with E-state index in [1.54, 1.807) is 0 Å². The van der Waals surface area contributed by atoms with Gasteiger partial charge in [-0.1, -0.05) is 0 Å². The second kappa shape index (κ2) is 4.35. The van der Waals surface area contributed by atoms with Crippen LogP contribution in [0.1, 0.15) is 0 Å². The molecule has 0 aromatic rings. The summed E-state index contributed by atoms with van der Waals surface area (Å²) in [6.07, 6.45) is -4.99. The number of hydrogen-bond donors (Lipinski definition) is 4. The number of aliphatic hydroxyl groups is 2. The molecule has 0 saturated heterocycles. The molecule has 92 valence electrons. The number of hydrogen-bond acceptors (Lipinski definition) is 7. The maximum absolute atomic E-state index is 10.4. The van der Waals surface area contributed by atoms with Gasteiger partial charge in [-0.25, -0.2) is 8.98 Å². The zero-order valence-corrected chi connectivity index (χ0v) is 8.36. The van der Waals surface area contributed by atoms with Crippen molar-refractivity contribution in [2.75, 3.05) is 0 Å². The van der Waals surface area contributed by atoms with Crippen LogP contribution < -0.4 is 0 Å². The van der Waals surface area contributed by atoms with Gasteiger partial charge in [0.1, 0.15) is 6.10 Å². The Morgan fingerprint density at radius 3 is 2.38 bits per heavy atom. The third-order valence-corrected chi connectivity index (χ3v) is 2.10. The molecule has 0 aromatic heterocycles. The highest BCUT2D eigenvalue weighted by Gasteiger charge is 2.38. The molecule has 1 rings (SSSR count). The van der Waals surface area contributed by atoms with Crippen LogP contribution in [0.15, 0.2) is 11.8 Å². The minimum absolute atomic E-state index is 0.630. The lowest BCUT2D eigenvalue weighted by molar-refractivity contribution is -0.176. The Morgan fingerprint density at radius 1 is 1.44 bits per heavy atom. The molecule has 0 saturated carbocycles. The van der Waals surface area contributed by atoms with E-state index in [0.29, 0.717) is 6.08 Å². The Labute approximate surface area is 89.5 Å². The van der Waals surface area contributed by atoms with E-state index in [9.17, 15) is 18.3 Å². The molecule has 0 bridgehead atoms. The van der Waals surface area contributed by atoms with E-state index in [1.807, 2.05) is 0 Å². The average molecular weight is 256 g/mol. The molecule has 10 heteroatoms. The van der Waals surface area contributed by atoms with Crippen LogP contribution in [0, 0.1) is 0 Å². The van der Waals surface area contributed by atoms with E-state index in [1.165, 1.54) is 0 Å². The van der Waals surface area contributed by atoms with E-state index < -0.39 is 40.6 Å². The number of carboxylic acid groups (broad SMARTS) is 1. The van der Waals surface area contributed by atoms with Crippen LogP contribution in [0.25, 0.3) is 0 Å². The zero-order chi connectivity index (χ0) is 12.5. The monoisotopic (exact) mass is 256 g/mol. The fraction of sp³-hybridized carbons (Fsp3) is 0.500. The van der Waals surface area contributed by atoms with Gasteiger partial charge in [0.25, 0.3) is 0 Å². The van der Waals surface area contributed by atoms with Gasteiger partial charge in [0, 0.05) is 0 Å². The second-order valence-electron chi connectivity index (χ2n) is 2.82. The Kier molecular flexibility index (Phi) is 3.50. The molecule has 3 atom stereocenters. The van der Waals surface area contributed by atoms with Gasteiger partial charge in [-0.2, -0.15) is 8.42 Å². The first-order valence-electron chi connectivity index (χ1n) is 3.84. The molecule has 0 aromatic carbocycles. The Bertz CT molecular complexity index is 410. The molecular weight excluding hydrogens is 248 g/mol. The van der Waals surface area contributed by atoms with Crippen molar-refractivity contribution in [3.63, 3.8) is 0 Å². The summed E-state index contributed by atoms with van der Waals surface area (Å²) >= 11 is 0. The van der Waals surface area contributed by atoms with Crippen molar-refractivity contribution in [2.24, 2.45) is 0 Å². The topological polar surface area (TPSA) is 151 Å². The van der Waals surface area contributed by atoms with Gasteiger partial charge in [-0.15, -0.1) is 0 Å². The van der Waals surface area contributed by atoms with Crippen molar-refractivity contribution in [3.05, 3.63) is 11.8 Å². The summed E-state index contributed by atoms with van der Waals surface area (Å²) in [5, 5.41) is 26.8. The molecule has 0 unspecified atom stereocenters. The molecule has 1 aliphatic rings. The Balaban J connectivity index is 2.88. The van der Waals surface area contributed by atoms with Gasteiger partial charge < -0.3 is 20.1 Å². The predicted octanol–water partition coefficient (Wildman–Crippen LogP) is -2.15. The molecule has 1 heterocycles. The second-order valence-corrected chi connectivity index (χ2v) is 3.87. The number of ether oxygens (including phenoxy) is 1. The first kappa shape index (κ1) is 12.9. The Hall–Kier alpha value is -1.20. The SMILES string of the molecule is O=C(O)C1=C[C@H](O)[C@@H](OS(=O)(=O)O)[C@H](O)O1. The van der Waals surface area contributed by atoms with Gasteiger partial charge >= 0.3 is 16.4 Å². The van der Waals surface area contributed by atoms with Crippen molar-refractivity contribution in [3.8, 4) is 0 Å². The van der Waals surface area contributed by atoms with Crippen molar-refractivity contribution in [2.45, 2.75) is 18.5 Å². The molecule has 9 nitrogen and oxygen atoms in total. The Morgan fingerprint density at radius 2 is 2.00 bits per heavy atom. The van der Waals surface area contributed by atoms with Gasteiger partial charge in [0.05, 0.1) is 0 Å². The van der Waals surface area contributed by atoms with Gasteiger partial charge in [-0.05, 0) is 6.08 Å². The molecule has 0 spiro atoms. The van der Waals surface area contributed by atoms with Crippen LogP contribution in [-0.4, -0.2) is 52.8 Å². The number of aliphatic carboxylic acids is 1. The molecule has 16 heavy (non-hydrogen) atoms. The fourth-order valence-corrected chi connectivity index (χ4v) is 1.51. The van der Waals surface area contributed by atoms with Crippen LogP contribution in [-0.2, 0) is 24.1 Å². The van der Waals surface area contributed by atoms with E-state index >= 15 is 0 Å². The molecule has 0 fully saturated rings. The highest BCUT2D eigenvalue weighted by atomic mass is 32.3. The summed E-state index contributed by atoms with van der Waals surface area (Å²) in [5.41, 5.74) is 0. The number of aliphatic hydroxyl groups excluding tert-OH is 2. The van der Waals surface area contributed by atoms with E-state index in [-0.39, 0.29) is 0 Å². The van der Waals surface area contributed by atoms with Gasteiger partial charge in [0.15, 0.2) is 6.10 Å². The quantitative estimate of drug-likeness (QED) is 0.414. The highest BCUT2D eigenvalue weighted by Crippen LogP contribution is 2.20. The summed E-state index contributed by atoms with van der Waals surface area (Å²) in [6, 6.07) is 0. The number of carbonyl (C=O) groups is 1. The number of carboxylic acids is 1. The maximum Gasteiger partial charge on any atom is 0.397 e. The highest BCUT2D eigenvalue weighted by molar-refractivity contribution is 7.80. The molecule has 0 radical (unpaired) electrons.